The van der Waals surface area contributed by atoms with Gasteiger partial charge in [-0.25, -0.2) is 18.1 Å². The van der Waals surface area contributed by atoms with Gasteiger partial charge in [-0.15, -0.1) is 11.3 Å². The average Bonchev–Trinajstić information content (AvgIpc) is 3.32. The van der Waals surface area contributed by atoms with Crippen LogP contribution >= 0.6 is 11.3 Å². The summed E-state index contributed by atoms with van der Waals surface area (Å²) in [5.74, 6) is 0.207. The van der Waals surface area contributed by atoms with Crippen molar-refractivity contribution in [2.75, 3.05) is 13.1 Å². The molecule has 1 aliphatic heterocycles. The Kier molecular flexibility index (Phi) is 6.45. The van der Waals surface area contributed by atoms with E-state index in [1.54, 1.807) is 23.5 Å². The normalized spacial score (nSPS) is 15.0. The number of aromatic nitrogens is 1. The molecule has 8 heteroatoms. The Morgan fingerprint density at radius 2 is 1.71 bits per heavy atom. The molecule has 34 heavy (non-hydrogen) atoms. The second-order valence-corrected chi connectivity index (χ2v) is 11.3. The van der Waals surface area contributed by atoms with E-state index in [2.05, 4.69) is 10.8 Å². The highest BCUT2D eigenvalue weighted by Crippen LogP contribution is 2.34. The van der Waals surface area contributed by atoms with Crippen molar-refractivity contribution in [2.45, 2.75) is 30.2 Å². The molecule has 0 spiro atoms. The first-order valence-electron chi connectivity index (χ1n) is 11.3. The molecule has 0 aliphatic carbocycles. The zero-order valence-corrected chi connectivity index (χ0v) is 20.2. The number of carbonyl (C=O) groups is 1. The van der Waals surface area contributed by atoms with E-state index < -0.39 is 10.0 Å². The Morgan fingerprint density at radius 1 is 0.971 bits per heavy atom. The Labute approximate surface area is 203 Å². The van der Waals surface area contributed by atoms with Gasteiger partial charge in [-0.05, 0) is 48.7 Å². The van der Waals surface area contributed by atoms with Gasteiger partial charge in [-0.1, -0.05) is 48.5 Å². The Balaban J connectivity index is 1.24. The Morgan fingerprint density at radius 3 is 2.47 bits per heavy atom. The molecular formula is C26H25N3O3S2. The molecule has 1 aromatic heterocycles. The van der Waals surface area contributed by atoms with E-state index in [4.69, 9.17) is 4.98 Å². The zero-order chi connectivity index (χ0) is 23.5. The van der Waals surface area contributed by atoms with Crippen LogP contribution in [0.25, 0.3) is 10.2 Å². The molecule has 5 rings (SSSR count). The number of amides is 1. The number of benzene rings is 3. The van der Waals surface area contributed by atoms with Gasteiger partial charge in [0.15, 0.2) is 0 Å². The predicted octanol–water partition coefficient (Wildman–Crippen LogP) is 4.79. The van der Waals surface area contributed by atoms with Gasteiger partial charge in [-0.2, -0.15) is 0 Å². The van der Waals surface area contributed by atoms with Gasteiger partial charge in [0.2, 0.25) is 10.0 Å². The topological polar surface area (TPSA) is 79.4 Å². The summed E-state index contributed by atoms with van der Waals surface area (Å²) >= 11 is 1.73. The van der Waals surface area contributed by atoms with E-state index in [1.807, 2.05) is 53.4 Å². The van der Waals surface area contributed by atoms with Crippen LogP contribution in [0.1, 0.15) is 39.7 Å². The van der Waals surface area contributed by atoms with Gasteiger partial charge in [0.1, 0.15) is 0 Å². The fraction of sp³-hybridized carbons (Fsp3) is 0.231. The highest BCUT2D eigenvalue weighted by Gasteiger charge is 2.27. The largest absolute Gasteiger partial charge is 0.339 e. The molecule has 1 aliphatic rings. The third-order valence-electron chi connectivity index (χ3n) is 6.14. The molecule has 6 nitrogen and oxygen atoms in total. The number of thiazole rings is 1. The summed E-state index contributed by atoms with van der Waals surface area (Å²) in [6, 6.07) is 23.8. The van der Waals surface area contributed by atoms with E-state index in [0.29, 0.717) is 24.6 Å². The molecule has 1 fully saturated rings. The van der Waals surface area contributed by atoms with Crippen molar-refractivity contribution in [1.82, 2.24) is 14.6 Å². The van der Waals surface area contributed by atoms with Crippen LogP contribution in [0.5, 0.6) is 0 Å². The summed E-state index contributed by atoms with van der Waals surface area (Å²) < 4.78 is 29.4. The molecule has 3 aromatic carbocycles. The lowest BCUT2D eigenvalue weighted by atomic mass is 9.97. The molecule has 1 amide bonds. The maximum Gasteiger partial charge on any atom is 0.253 e. The summed E-state index contributed by atoms with van der Waals surface area (Å²) in [6.45, 7) is 1.45. The number of nitrogens with one attached hydrogen (secondary N) is 1. The van der Waals surface area contributed by atoms with E-state index in [0.717, 1.165) is 28.9 Å². The molecule has 0 atom stereocenters. The van der Waals surface area contributed by atoms with Crippen LogP contribution in [0.2, 0.25) is 0 Å². The standard InChI is InChI=1S/C26H25N3O3S2/c30-26(29-15-13-20(14-16-29)25-28-23-11-4-5-12-24(23)33-25)21-9-6-10-22(17-21)34(31,32)27-18-19-7-2-1-3-8-19/h1-12,17,20,27H,13-16,18H2. The number of sulfonamides is 1. The van der Waals surface area contributed by atoms with Crippen molar-refractivity contribution in [2.24, 2.45) is 0 Å². The molecule has 1 N–H and O–H groups in total. The van der Waals surface area contributed by atoms with E-state index in [9.17, 15) is 13.2 Å². The molecule has 0 bridgehead atoms. The van der Waals surface area contributed by atoms with E-state index in [1.165, 1.54) is 16.8 Å². The van der Waals surface area contributed by atoms with Gasteiger partial charge >= 0.3 is 0 Å². The Bertz CT molecular complexity index is 1380. The van der Waals surface area contributed by atoms with E-state index >= 15 is 0 Å². The number of hydrogen-bond acceptors (Lipinski definition) is 5. The molecule has 0 unspecified atom stereocenters. The summed E-state index contributed by atoms with van der Waals surface area (Å²) in [7, 11) is -3.73. The average molecular weight is 492 g/mol. The fourth-order valence-electron chi connectivity index (χ4n) is 4.23. The highest BCUT2D eigenvalue weighted by molar-refractivity contribution is 7.89. The number of rotatable bonds is 6. The molecule has 0 radical (unpaired) electrons. The lowest BCUT2D eigenvalue weighted by Gasteiger charge is -2.31. The number of hydrogen-bond donors (Lipinski definition) is 1. The smallest absolute Gasteiger partial charge is 0.253 e. The first-order chi connectivity index (χ1) is 16.5. The summed E-state index contributed by atoms with van der Waals surface area (Å²) in [5, 5.41) is 1.13. The van der Waals surface area contributed by atoms with Crippen molar-refractivity contribution in [3.05, 3.63) is 95.0 Å². The number of carbonyl (C=O) groups excluding carboxylic acids is 1. The zero-order valence-electron chi connectivity index (χ0n) is 18.6. The van der Waals surface area contributed by atoms with Gasteiger partial charge in [0.05, 0.1) is 20.1 Å². The number of para-hydroxylation sites is 1. The SMILES string of the molecule is O=C(c1cccc(S(=O)(=O)NCc2ccccc2)c1)N1CCC(c2nc3ccccc3s2)CC1. The monoisotopic (exact) mass is 491 g/mol. The molecule has 4 aromatic rings. The van der Waals surface area contributed by atoms with E-state index in [-0.39, 0.29) is 17.3 Å². The van der Waals surface area contributed by atoms with Crippen LogP contribution in [0.4, 0.5) is 0 Å². The van der Waals surface area contributed by atoms with Crippen molar-refractivity contribution in [3.8, 4) is 0 Å². The maximum atomic E-state index is 13.1. The Hall–Kier alpha value is -3.07. The maximum absolute atomic E-state index is 13.1. The minimum Gasteiger partial charge on any atom is -0.339 e. The van der Waals surface area contributed by atoms with Crippen LogP contribution in [-0.4, -0.2) is 37.3 Å². The summed E-state index contributed by atoms with van der Waals surface area (Å²) in [4.78, 5) is 19.8. The molecule has 174 valence electrons. The first-order valence-corrected chi connectivity index (χ1v) is 13.6. The number of fused-ring (bicyclic) bond motifs is 1. The minimum atomic E-state index is -3.73. The predicted molar refractivity (Wildman–Crippen MR) is 134 cm³/mol. The van der Waals surface area contributed by atoms with Gasteiger partial charge < -0.3 is 4.90 Å². The van der Waals surface area contributed by atoms with Crippen LogP contribution in [0.15, 0.2) is 83.8 Å². The van der Waals surface area contributed by atoms with Crippen molar-refractivity contribution < 1.29 is 13.2 Å². The number of nitrogens with zero attached hydrogens (tertiary/aromatic N) is 2. The minimum absolute atomic E-state index is 0.0960. The van der Waals surface area contributed by atoms with Crippen molar-refractivity contribution >= 4 is 37.5 Å². The lowest BCUT2D eigenvalue weighted by molar-refractivity contribution is 0.0712. The third-order valence-corrected chi connectivity index (χ3v) is 8.74. The van der Waals surface area contributed by atoms with Crippen LogP contribution in [0, 0.1) is 0 Å². The van der Waals surface area contributed by atoms with Gasteiger partial charge in [0.25, 0.3) is 5.91 Å². The number of piperidine rings is 1. The first kappa shape index (κ1) is 22.7. The molecular weight excluding hydrogens is 466 g/mol. The van der Waals surface area contributed by atoms with Gasteiger partial charge in [-0.3, -0.25) is 4.79 Å². The summed E-state index contributed by atoms with van der Waals surface area (Å²) in [6.07, 6.45) is 1.70. The molecule has 0 saturated carbocycles. The molecule has 1 saturated heterocycles. The summed E-state index contributed by atoms with van der Waals surface area (Å²) in [5.41, 5.74) is 2.29. The molecule has 2 heterocycles. The van der Waals surface area contributed by atoms with Gasteiger partial charge in [0, 0.05) is 31.1 Å². The van der Waals surface area contributed by atoms with Crippen molar-refractivity contribution in [1.29, 1.82) is 0 Å². The number of likely N-dealkylation sites (tertiary alicyclic amines) is 1. The van der Waals surface area contributed by atoms with Crippen LogP contribution in [0.3, 0.4) is 0 Å². The van der Waals surface area contributed by atoms with Crippen molar-refractivity contribution in [3.63, 3.8) is 0 Å². The van der Waals surface area contributed by atoms with Crippen LogP contribution in [-0.2, 0) is 16.6 Å². The quantitative estimate of drug-likeness (QED) is 0.420. The second kappa shape index (κ2) is 9.66. The highest BCUT2D eigenvalue weighted by atomic mass is 32.2. The van der Waals surface area contributed by atoms with Crippen LogP contribution < -0.4 is 4.72 Å². The third kappa shape index (κ3) is 4.89. The lowest BCUT2D eigenvalue weighted by Crippen LogP contribution is -2.38. The second-order valence-electron chi connectivity index (χ2n) is 8.42. The fourth-order valence-corrected chi connectivity index (χ4v) is 6.43.